The van der Waals surface area contributed by atoms with Crippen LogP contribution in [0.1, 0.15) is 19.8 Å². The van der Waals surface area contributed by atoms with Gasteiger partial charge in [-0.1, -0.05) is 13.3 Å². The zero-order valence-corrected chi connectivity index (χ0v) is 10.1. The third-order valence-electron chi connectivity index (χ3n) is 2.61. The largest absolute Gasteiger partial charge is 0.478 e. The van der Waals surface area contributed by atoms with Gasteiger partial charge in [-0.2, -0.15) is 0 Å². The number of aromatic nitrogens is 1. The molecule has 0 radical (unpaired) electrons. The van der Waals surface area contributed by atoms with Crippen molar-refractivity contribution < 1.29 is 9.66 Å². The van der Waals surface area contributed by atoms with Gasteiger partial charge in [-0.05, 0) is 18.6 Å². The highest BCUT2D eigenvalue weighted by atomic mass is 16.6. The van der Waals surface area contributed by atoms with Crippen molar-refractivity contribution in [2.24, 2.45) is 0 Å². The highest BCUT2D eigenvalue weighted by Gasteiger charge is 2.07. The summed E-state index contributed by atoms with van der Waals surface area (Å²) in [7, 11) is 0. The van der Waals surface area contributed by atoms with Crippen molar-refractivity contribution >= 4 is 16.6 Å². The van der Waals surface area contributed by atoms with Crippen molar-refractivity contribution in [2.75, 3.05) is 6.61 Å². The molecule has 0 aliphatic heterocycles. The standard InChI is InChI=1S/C13H14N2O3/c1-2-3-8-18-13-7-4-10-9-11(15(16)17)5-6-12(10)14-13/h4-7,9H,2-3,8H2,1H3. The zero-order valence-electron chi connectivity index (χ0n) is 10.1. The van der Waals surface area contributed by atoms with Crippen LogP contribution in [0.15, 0.2) is 30.3 Å². The highest BCUT2D eigenvalue weighted by molar-refractivity contribution is 5.81. The summed E-state index contributed by atoms with van der Waals surface area (Å²) in [4.78, 5) is 14.5. The Hall–Kier alpha value is -2.17. The number of fused-ring (bicyclic) bond motifs is 1. The van der Waals surface area contributed by atoms with E-state index in [1.165, 1.54) is 12.1 Å². The highest BCUT2D eigenvalue weighted by Crippen LogP contribution is 2.21. The molecule has 0 saturated carbocycles. The monoisotopic (exact) mass is 246 g/mol. The lowest BCUT2D eigenvalue weighted by Crippen LogP contribution is -1.98. The molecule has 18 heavy (non-hydrogen) atoms. The van der Waals surface area contributed by atoms with Gasteiger partial charge in [0.2, 0.25) is 5.88 Å². The molecule has 0 spiro atoms. The lowest BCUT2D eigenvalue weighted by Gasteiger charge is -2.05. The summed E-state index contributed by atoms with van der Waals surface area (Å²) in [6.45, 7) is 2.73. The molecule has 0 amide bonds. The molecule has 0 fully saturated rings. The molecule has 1 heterocycles. The summed E-state index contributed by atoms with van der Waals surface area (Å²) >= 11 is 0. The van der Waals surface area contributed by atoms with Gasteiger partial charge in [-0.3, -0.25) is 10.1 Å². The van der Waals surface area contributed by atoms with Crippen molar-refractivity contribution in [1.29, 1.82) is 0 Å². The molecular formula is C13H14N2O3. The number of ether oxygens (including phenoxy) is 1. The Kier molecular flexibility index (Phi) is 3.72. The van der Waals surface area contributed by atoms with Crippen LogP contribution in [0.3, 0.4) is 0 Å². The smallest absolute Gasteiger partial charge is 0.270 e. The second-order valence-corrected chi connectivity index (χ2v) is 3.99. The third kappa shape index (κ3) is 2.74. The molecule has 0 bridgehead atoms. The number of nitrogens with zero attached hydrogens (tertiary/aromatic N) is 2. The number of nitro benzene ring substituents is 1. The minimum atomic E-state index is -0.412. The van der Waals surface area contributed by atoms with E-state index in [-0.39, 0.29) is 5.69 Å². The fourth-order valence-electron chi connectivity index (χ4n) is 1.61. The van der Waals surface area contributed by atoms with Crippen LogP contribution in [0.4, 0.5) is 5.69 Å². The first-order valence-corrected chi connectivity index (χ1v) is 5.88. The average molecular weight is 246 g/mol. The number of hydrogen-bond donors (Lipinski definition) is 0. The van der Waals surface area contributed by atoms with Crippen molar-refractivity contribution in [2.45, 2.75) is 19.8 Å². The molecule has 94 valence electrons. The van der Waals surface area contributed by atoms with E-state index in [0.717, 1.165) is 18.2 Å². The molecule has 0 N–H and O–H groups in total. The molecule has 5 heteroatoms. The molecule has 0 unspecified atom stereocenters. The second kappa shape index (κ2) is 5.44. The number of hydrogen-bond acceptors (Lipinski definition) is 4. The predicted octanol–water partition coefficient (Wildman–Crippen LogP) is 3.32. The normalized spacial score (nSPS) is 10.5. The van der Waals surface area contributed by atoms with Crippen molar-refractivity contribution in [3.05, 3.63) is 40.4 Å². The van der Waals surface area contributed by atoms with E-state index in [2.05, 4.69) is 11.9 Å². The first-order chi connectivity index (χ1) is 8.70. The van der Waals surface area contributed by atoms with Crippen molar-refractivity contribution in [3.63, 3.8) is 0 Å². The van der Waals surface area contributed by atoms with E-state index in [4.69, 9.17) is 4.74 Å². The van der Waals surface area contributed by atoms with Crippen LogP contribution in [0.5, 0.6) is 5.88 Å². The van der Waals surface area contributed by atoms with Gasteiger partial charge in [0.05, 0.1) is 17.0 Å². The predicted molar refractivity (Wildman–Crippen MR) is 68.8 cm³/mol. The molecule has 1 aromatic carbocycles. The van der Waals surface area contributed by atoms with Gasteiger partial charge in [0.25, 0.3) is 5.69 Å². The molecule has 0 aliphatic carbocycles. The van der Waals surface area contributed by atoms with Crippen molar-refractivity contribution in [3.8, 4) is 5.88 Å². The Morgan fingerprint density at radius 2 is 2.17 bits per heavy atom. The number of benzene rings is 1. The quantitative estimate of drug-likeness (QED) is 0.461. The Balaban J connectivity index is 2.24. The van der Waals surface area contributed by atoms with Gasteiger partial charge in [-0.25, -0.2) is 4.98 Å². The zero-order chi connectivity index (χ0) is 13.0. The van der Waals surface area contributed by atoms with Crippen LogP contribution in [0.25, 0.3) is 10.9 Å². The molecular weight excluding hydrogens is 232 g/mol. The van der Waals surface area contributed by atoms with Crippen LogP contribution in [-0.2, 0) is 0 Å². The maximum Gasteiger partial charge on any atom is 0.270 e. The molecule has 0 aliphatic rings. The van der Waals surface area contributed by atoms with Gasteiger partial charge in [0, 0.05) is 23.6 Å². The Morgan fingerprint density at radius 1 is 1.33 bits per heavy atom. The summed E-state index contributed by atoms with van der Waals surface area (Å²) in [6, 6.07) is 8.13. The van der Waals surface area contributed by atoms with Crippen LogP contribution in [0.2, 0.25) is 0 Å². The van der Waals surface area contributed by atoms with Crippen LogP contribution >= 0.6 is 0 Å². The minimum absolute atomic E-state index is 0.0731. The van der Waals surface area contributed by atoms with Crippen molar-refractivity contribution in [1.82, 2.24) is 4.98 Å². The Labute approximate surface area is 105 Å². The van der Waals surface area contributed by atoms with Gasteiger partial charge < -0.3 is 4.74 Å². The van der Waals surface area contributed by atoms with E-state index >= 15 is 0 Å². The molecule has 1 aromatic heterocycles. The molecule has 5 nitrogen and oxygen atoms in total. The van der Waals surface area contributed by atoms with E-state index in [0.29, 0.717) is 18.0 Å². The maximum absolute atomic E-state index is 10.6. The second-order valence-electron chi connectivity index (χ2n) is 3.99. The van der Waals surface area contributed by atoms with E-state index in [1.54, 1.807) is 18.2 Å². The first-order valence-electron chi connectivity index (χ1n) is 5.88. The average Bonchev–Trinajstić information content (AvgIpc) is 2.38. The lowest BCUT2D eigenvalue weighted by atomic mass is 10.2. The number of non-ortho nitro benzene ring substituents is 1. The fourth-order valence-corrected chi connectivity index (χ4v) is 1.61. The lowest BCUT2D eigenvalue weighted by molar-refractivity contribution is -0.384. The molecule has 2 rings (SSSR count). The van der Waals surface area contributed by atoms with Gasteiger partial charge in [0.1, 0.15) is 0 Å². The molecule has 2 aromatic rings. The van der Waals surface area contributed by atoms with Gasteiger partial charge in [-0.15, -0.1) is 0 Å². The summed E-state index contributed by atoms with van der Waals surface area (Å²) in [6.07, 6.45) is 2.06. The van der Waals surface area contributed by atoms with Gasteiger partial charge in [0.15, 0.2) is 0 Å². The number of pyridine rings is 1. The fraction of sp³-hybridized carbons (Fsp3) is 0.308. The summed E-state index contributed by atoms with van der Waals surface area (Å²) in [5.41, 5.74) is 0.776. The number of nitro groups is 1. The molecule has 0 saturated heterocycles. The number of rotatable bonds is 5. The van der Waals surface area contributed by atoms with Crippen LogP contribution < -0.4 is 4.74 Å². The van der Waals surface area contributed by atoms with E-state index in [1.807, 2.05) is 0 Å². The van der Waals surface area contributed by atoms with Crippen LogP contribution in [-0.4, -0.2) is 16.5 Å². The maximum atomic E-state index is 10.6. The van der Waals surface area contributed by atoms with Crippen LogP contribution in [0, 0.1) is 10.1 Å². The summed E-state index contributed by atoms with van der Waals surface area (Å²) < 4.78 is 5.49. The van der Waals surface area contributed by atoms with E-state index < -0.39 is 4.92 Å². The SMILES string of the molecule is CCCCOc1ccc2cc([N+](=O)[O-])ccc2n1. The number of unbranched alkanes of at least 4 members (excludes halogenated alkanes) is 1. The Bertz CT molecular complexity index is 569. The topological polar surface area (TPSA) is 65.3 Å². The Morgan fingerprint density at radius 3 is 2.89 bits per heavy atom. The molecule has 0 atom stereocenters. The first kappa shape index (κ1) is 12.3. The summed E-state index contributed by atoms with van der Waals surface area (Å²) in [5.74, 6) is 0.560. The summed E-state index contributed by atoms with van der Waals surface area (Å²) in [5, 5.41) is 11.4. The minimum Gasteiger partial charge on any atom is -0.478 e. The van der Waals surface area contributed by atoms with E-state index in [9.17, 15) is 10.1 Å². The van der Waals surface area contributed by atoms with Gasteiger partial charge >= 0.3 is 0 Å². The third-order valence-corrected chi connectivity index (χ3v) is 2.61.